The zero-order valence-electron chi connectivity index (χ0n) is 8.86. The van der Waals surface area contributed by atoms with E-state index in [0.717, 1.165) is 6.42 Å². The van der Waals surface area contributed by atoms with E-state index in [-0.39, 0.29) is 0 Å². The smallest absolute Gasteiger partial charge is 0.0313 e. The molecule has 0 amide bonds. The summed E-state index contributed by atoms with van der Waals surface area (Å²) in [7, 11) is 0. The van der Waals surface area contributed by atoms with Crippen LogP contribution in [0.1, 0.15) is 38.5 Å². The molecule has 0 aromatic rings. The molecule has 0 aromatic carbocycles. The first-order chi connectivity index (χ1) is 7.00. The Morgan fingerprint density at radius 3 is 1.71 bits per heavy atom. The van der Waals surface area contributed by atoms with E-state index in [0.29, 0.717) is 0 Å². The first-order valence-corrected chi connectivity index (χ1v) is 5.63. The molecule has 1 aliphatic carbocycles. The Labute approximate surface area is 87.7 Å². The second-order valence-electron chi connectivity index (χ2n) is 3.57. The van der Waals surface area contributed by atoms with E-state index in [9.17, 15) is 0 Å². The zero-order valence-corrected chi connectivity index (χ0v) is 8.86. The molecule has 0 bridgehead atoms. The second kappa shape index (κ2) is 8.55. The van der Waals surface area contributed by atoms with E-state index in [1.54, 1.807) is 0 Å². The van der Waals surface area contributed by atoms with Crippen molar-refractivity contribution in [2.24, 2.45) is 0 Å². The van der Waals surface area contributed by atoms with Crippen molar-refractivity contribution in [2.45, 2.75) is 38.5 Å². The summed E-state index contributed by atoms with van der Waals surface area (Å²) in [5.74, 6) is 0. The van der Waals surface area contributed by atoms with Gasteiger partial charge in [0.1, 0.15) is 0 Å². The van der Waals surface area contributed by atoms with Gasteiger partial charge in [-0.2, -0.15) is 0 Å². The summed E-state index contributed by atoms with van der Waals surface area (Å²) < 4.78 is 0. The molecule has 0 spiro atoms. The van der Waals surface area contributed by atoms with Crippen molar-refractivity contribution >= 4 is 0 Å². The molecule has 1 rings (SSSR count). The van der Waals surface area contributed by atoms with Crippen molar-refractivity contribution < 1.29 is 0 Å². The third kappa shape index (κ3) is 6.47. The van der Waals surface area contributed by atoms with E-state index < -0.39 is 0 Å². The molecule has 0 nitrogen and oxygen atoms in total. The Kier molecular flexibility index (Phi) is 6.74. The molecule has 0 aromatic heterocycles. The lowest BCUT2D eigenvalue weighted by molar-refractivity contribution is 0.760. The molecule has 76 valence electrons. The Balaban J connectivity index is 2.35. The molecule has 0 heteroatoms. The van der Waals surface area contributed by atoms with Gasteiger partial charge in [0.25, 0.3) is 0 Å². The van der Waals surface area contributed by atoms with Crippen LogP contribution in [-0.4, -0.2) is 0 Å². The average molecular weight is 188 g/mol. The Morgan fingerprint density at radius 2 is 0.929 bits per heavy atom. The fraction of sp³-hybridized carbons (Fsp3) is 0.429. The summed E-state index contributed by atoms with van der Waals surface area (Å²) in [6.45, 7) is 0. The minimum Gasteiger partial charge on any atom is -0.0885 e. The van der Waals surface area contributed by atoms with Crippen molar-refractivity contribution in [3.63, 3.8) is 0 Å². The molecule has 0 atom stereocenters. The molecular formula is C14H20. The lowest BCUT2D eigenvalue weighted by atomic mass is 10.1. The lowest BCUT2D eigenvalue weighted by Crippen LogP contribution is -1.73. The quantitative estimate of drug-likeness (QED) is 0.489. The molecule has 0 heterocycles. The summed E-state index contributed by atoms with van der Waals surface area (Å²) in [6, 6.07) is 0. The summed E-state index contributed by atoms with van der Waals surface area (Å²) in [6.07, 6.45) is 25.0. The monoisotopic (exact) mass is 188 g/mol. The summed E-state index contributed by atoms with van der Waals surface area (Å²) in [4.78, 5) is 0. The van der Waals surface area contributed by atoms with Gasteiger partial charge in [-0.15, -0.1) is 0 Å². The predicted molar refractivity (Wildman–Crippen MR) is 64.3 cm³/mol. The van der Waals surface area contributed by atoms with Crippen molar-refractivity contribution in [3.05, 3.63) is 48.6 Å². The maximum absolute atomic E-state index is 2.32. The van der Waals surface area contributed by atoms with E-state index in [4.69, 9.17) is 0 Å². The van der Waals surface area contributed by atoms with Gasteiger partial charge in [-0.05, 0) is 38.5 Å². The van der Waals surface area contributed by atoms with Crippen LogP contribution in [0, 0.1) is 0 Å². The SMILES string of the molecule is C1=C\CC/C=C\CCCC\C=C/C=C/1. The first-order valence-electron chi connectivity index (χ1n) is 5.63. The summed E-state index contributed by atoms with van der Waals surface area (Å²) >= 11 is 0. The van der Waals surface area contributed by atoms with Gasteiger partial charge < -0.3 is 0 Å². The van der Waals surface area contributed by atoms with Crippen molar-refractivity contribution in [1.29, 1.82) is 0 Å². The van der Waals surface area contributed by atoms with Crippen LogP contribution in [0.3, 0.4) is 0 Å². The summed E-state index contributed by atoms with van der Waals surface area (Å²) in [5, 5.41) is 0. The largest absolute Gasteiger partial charge is 0.0885 e. The zero-order chi connectivity index (χ0) is 9.90. The van der Waals surface area contributed by atoms with Crippen LogP contribution >= 0.6 is 0 Å². The number of rotatable bonds is 0. The molecule has 0 radical (unpaired) electrons. The van der Waals surface area contributed by atoms with Crippen LogP contribution in [0.25, 0.3) is 0 Å². The number of hydrogen-bond acceptors (Lipinski definition) is 0. The highest BCUT2D eigenvalue weighted by Crippen LogP contribution is 2.03. The minimum absolute atomic E-state index is 1.16. The predicted octanol–water partition coefficient (Wildman–Crippen LogP) is 4.57. The highest BCUT2D eigenvalue weighted by Gasteiger charge is 1.83. The molecule has 14 heavy (non-hydrogen) atoms. The normalized spacial score (nSPS) is 28.6. The first kappa shape index (κ1) is 11.0. The minimum atomic E-state index is 1.16. The molecule has 0 N–H and O–H groups in total. The van der Waals surface area contributed by atoms with Crippen LogP contribution < -0.4 is 0 Å². The Bertz CT molecular complexity index is 228. The maximum Gasteiger partial charge on any atom is -0.0313 e. The van der Waals surface area contributed by atoms with Gasteiger partial charge in [0, 0.05) is 0 Å². The van der Waals surface area contributed by atoms with Gasteiger partial charge in [-0.1, -0.05) is 48.6 Å². The Morgan fingerprint density at radius 1 is 0.429 bits per heavy atom. The standard InChI is InChI=1S/C14H20/c1-2-4-6-8-10-12-14-13-11-9-7-5-3-1/h1-6,11,13H,7-10,12,14H2/b2-1+,5-3-,6-4-,13-11-. The van der Waals surface area contributed by atoms with Crippen LogP contribution in [0.15, 0.2) is 48.6 Å². The van der Waals surface area contributed by atoms with Crippen molar-refractivity contribution in [2.75, 3.05) is 0 Å². The van der Waals surface area contributed by atoms with Gasteiger partial charge in [-0.3, -0.25) is 0 Å². The van der Waals surface area contributed by atoms with Gasteiger partial charge in [0.15, 0.2) is 0 Å². The van der Waals surface area contributed by atoms with Crippen LogP contribution in [0.4, 0.5) is 0 Å². The van der Waals surface area contributed by atoms with Gasteiger partial charge in [0.05, 0.1) is 0 Å². The maximum atomic E-state index is 2.32. The third-order valence-electron chi connectivity index (χ3n) is 2.26. The second-order valence-corrected chi connectivity index (χ2v) is 3.57. The van der Waals surface area contributed by atoms with E-state index in [1.807, 2.05) is 0 Å². The summed E-state index contributed by atoms with van der Waals surface area (Å²) in [5.41, 5.74) is 0. The van der Waals surface area contributed by atoms with Crippen LogP contribution in [0.5, 0.6) is 0 Å². The molecule has 0 saturated carbocycles. The molecule has 0 unspecified atom stereocenters. The number of allylic oxidation sites excluding steroid dienone is 8. The highest BCUT2D eigenvalue weighted by molar-refractivity contribution is 5.11. The molecule has 1 aliphatic rings. The third-order valence-corrected chi connectivity index (χ3v) is 2.26. The van der Waals surface area contributed by atoms with Crippen molar-refractivity contribution in [3.8, 4) is 0 Å². The fourth-order valence-electron chi connectivity index (χ4n) is 1.43. The topological polar surface area (TPSA) is 0 Å². The van der Waals surface area contributed by atoms with Gasteiger partial charge >= 0.3 is 0 Å². The van der Waals surface area contributed by atoms with Crippen LogP contribution in [0.2, 0.25) is 0 Å². The van der Waals surface area contributed by atoms with Crippen LogP contribution in [-0.2, 0) is 0 Å². The lowest BCUT2D eigenvalue weighted by Gasteiger charge is -1.93. The molecule has 0 fully saturated rings. The van der Waals surface area contributed by atoms with Gasteiger partial charge in [0.2, 0.25) is 0 Å². The average Bonchev–Trinajstić information content (AvgIpc) is 2.22. The van der Waals surface area contributed by atoms with E-state index in [1.165, 1.54) is 32.1 Å². The fourth-order valence-corrected chi connectivity index (χ4v) is 1.43. The van der Waals surface area contributed by atoms with Gasteiger partial charge in [-0.25, -0.2) is 0 Å². The molecule has 0 saturated heterocycles. The van der Waals surface area contributed by atoms with E-state index in [2.05, 4.69) is 48.6 Å². The Hall–Kier alpha value is -1.04. The molecular weight excluding hydrogens is 168 g/mol. The van der Waals surface area contributed by atoms with E-state index >= 15 is 0 Å². The number of hydrogen-bond donors (Lipinski definition) is 0. The van der Waals surface area contributed by atoms with Crippen molar-refractivity contribution in [1.82, 2.24) is 0 Å². The molecule has 0 aliphatic heterocycles. The highest BCUT2D eigenvalue weighted by atomic mass is 13.9.